The van der Waals surface area contributed by atoms with Gasteiger partial charge in [0, 0.05) is 29.0 Å². The number of ether oxygens (including phenoxy) is 1. The van der Waals surface area contributed by atoms with Gasteiger partial charge in [-0.25, -0.2) is 14.8 Å². The Morgan fingerprint density at radius 1 is 1.04 bits per heavy atom. The van der Waals surface area contributed by atoms with Crippen LogP contribution in [-0.2, 0) is 4.74 Å². The minimum atomic E-state index is -0.352. The molecule has 138 valence electrons. The zero-order valence-corrected chi connectivity index (χ0v) is 15.3. The van der Waals surface area contributed by atoms with Crippen LogP contribution < -0.4 is 5.32 Å². The third kappa shape index (κ3) is 3.66. The van der Waals surface area contributed by atoms with Gasteiger partial charge in [0.1, 0.15) is 5.82 Å². The van der Waals surface area contributed by atoms with Gasteiger partial charge in [-0.15, -0.1) is 0 Å². The van der Waals surface area contributed by atoms with Crippen molar-refractivity contribution in [1.29, 1.82) is 0 Å². The molecule has 0 amide bonds. The van der Waals surface area contributed by atoms with Crippen LogP contribution in [0.5, 0.6) is 0 Å². The number of carbonyl (C=O) groups excluding carboxylic acids is 1. The van der Waals surface area contributed by atoms with Crippen LogP contribution in [0, 0.1) is 0 Å². The Bertz CT molecular complexity index is 1130. The summed E-state index contributed by atoms with van der Waals surface area (Å²) >= 11 is 0. The van der Waals surface area contributed by atoms with E-state index >= 15 is 0 Å². The number of esters is 1. The Labute approximate surface area is 162 Å². The molecule has 0 unspecified atom stereocenters. The summed E-state index contributed by atoms with van der Waals surface area (Å²) in [5.41, 5.74) is 2.88. The van der Waals surface area contributed by atoms with Gasteiger partial charge in [0.2, 0.25) is 0 Å². The third-order valence-electron chi connectivity index (χ3n) is 4.16. The molecule has 0 fully saturated rings. The molecule has 0 aliphatic carbocycles. The fraction of sp³-hybridized carbons (Fsp3) is 0.0909. The number of fused-ring (bicyclic) bond motifs is 1. The van der Waals surface area contributed by atoms with Crippen molar-refractivity contribution in [2.75, 3.05) is 11.9 Å². The van der Waals surface area contributed by atoms with Crippen LogP contribution in [-0.4, -0.2) is 27.5 Å². The number of pyridine rings is 1. The van der Waals surface area contributed by atoms with Crippen LogP contribution in [0.1, 0.15) is 17.3 Å². The quantitative estimate of drug-likeness (QED) is 0.517. The normalized spacial score (nSPS) is 10.6. The SMILES string of the molecule is CCOC(=O)c1cccc(Nc2nc(-c3cccnc3)nc3ccccc23)c1. The lowest BCUT2D eigenvalue weighted by molar-refractivity contribution is 0.0526. The van der Waals surface area contributed by atoms with Crippen molar-refractivity contribution in [3.05, 3.63) is 78.6 Å². The molecule has 2 heterocycles. The highest BCUT2D eigenvalue weighted by atomic mass is 16.5. The van der Waals surface area contributed by atoms with Crippen molar-refractivity contribution in [3.8, 4) is 11.4 Å². The van der Waals surface area contributed by atoms with E-state index in [-0.39, 0.29) is 5.97 Å². The summed E-state index contributed by atoms with van der Waals surface area (Å²) in [5, 5.41) is 4.20. The van der Waals surface area contributed by atoms with Crippen molar-refractivity contribution in [1.82, 2.24) is 15.0 Å². The molecule has 0 bridgehead atoms. The molecule has 2 aromatic carbocycles. The Balaban J connectivity index is 1.76. The minimum Gasteiger partial charge on any atom is -0.462 e. The Morgan fingerprint density at radius 3 is 2.75 bits per heavy atom. The summed E-state index contributed by atoms with van der Waals surface area (Å²) in [6, 6.07) is 18.7. The van der Waals surface area contributed by atoms with Crippen molar-refractivity contribution in [3.63, 3.8) is 0 Å². The van der Waals surface area contributed by atoms with Crippen LogP contribution >= 0.6 is 0 Å². The standard InChI is InChI=1S/C22H18N4O2/c1-2-28-22(27)15-7-5-9-17(13-15)24-21-18-10-3-4-11-19(18)25-20(26-21)16-8-6-12-23-14-16/h3-14H,2H2,1H3,(H,24,25,26). The van der Waals surface area contributed by atoms with E-state index in [0.29, 0.717) is 23.8 Å². The van der Waals surface area contributed by atoms with E-state index in [9.17, 15) is 4.79 Å². The number of aromatic nitrogens is 3. The van der Waals surface area contributed by atoms with E-state index in [1.54, 1.807) is 37.5 Å². The van der Waals surface area contributed by atoms with Gasteiger partial charge in [0.05, 0.1) is 17.7 Å². The van der Waals surface area contributed by atoms with Crippen molar-refractivity contribution >= 4 is 28.4 Å². The average molecular weight is 370 g/mol. The number of nitrogens with zero attached hydrogens (tertiary/aromatic N) is 3. The molecule has 0 aliphatic rings. The number of rotatable bonds is 5. The summed E-state index contributed by atoms with van der Waals surface area (Å²) in [7, 11) is 0. The van der Waals surface area contributed by atoms with E-state index < -0.39 is 0 Å². The topological polar surface area (TPSA) is 77.0 Å². The second-order valence-corrected chi connectivity index (χ2v) is 6.08. The molecule has 0 spiro atoms. The second kappa shape index (κ2) is 7.84. The first-order chi connectivity index (χ1) is 13.7. The van der Waals surface area contributed by atoms with Crippen molar-refractivity contribution in [2.24, 2.45) is 0 Å². The van der Waals surface area contributed by atoms with Gasteiger partial charge in [-0.3, -0.25) is 4.98 Å². The lowest BCUT2D eigenvalue weighted by Crippen LogP contribution is -2.05. The van der Waals surface area contributed by atoms with Crippen molar-refractivity contribution in [2.45, 2.75) is 6.92 Å². The summed E-state index contributed by atoms with van der Waals surface area (Å²) in [6.45, 7) is 2.12. The molecule has 6 heteroatoms. The smallest absolute Gasteiger partial charge is 0.338 e. The molecular weight excluding hydrogens is 352 g/mol. The zero-order valence-electron chi connectivity index (χ0n) is 15.3. The molecule has 4 aromatic rings. The third-order valence-corrected chi connectivity index (χ3v) is 4.16. The maximum absolute atomic E-state index is 12.0. The Kier molecular flexibility index (Phi) is 4.93. The molecular formula is C22H18N4O2. The number of benzene rings is 2. The summed E-state index contributed by atoms with van der Waals surface area (Å²) in [6.07, 6.45) is 3.44. The molecule has 2 aromatic heterocycles. The van der Waals surface area contributed by atoms with Gasteiger partial charge >= 0.3 is 5.97 Å². The van der Waals surface area contributed by atoms with E-state index in [1.807, 2.05) is 42.5 Å². The number of nitrogens with one attached hydrogen (secondary N) is 1. The van der Waals surface area contributed by atoms with E-state index in [0.717, 1.165) is 22.2 Å². The van der Waals surface area contributed by atoms with Gasteiger partial charge in [-0.1, -0.05) is 18.2 Å². The number of hydrogen-bond acceptors (Lipinski definition) is 6. The predicted molar refractivity (Wildman–Crippen MR) is 108 cm³/mol. The first-order valence-electron chi connectivity index (χ1n) is 8.96. The first-order valence-corrected chi connectivity index (χ1v) is 8.96. The maximum atomic E-state index is 12.0. The monoisotopic (exact) mass is 370 g/mol. The average Bonchev–Trinajstić information content (AvgIpc) is 2.75. The number of hydrogen-bond donors (Lipinski definition) is 1. The lowest BCUT2D eigenvalue weighted by atomic mass is 10.2. The minimum absolute atomic E-state index is 0.335. The molecule has 0 saturated carbocycles. The Hall–Kier alpha value is -3.80. The van der Waals surface area contributed by atoms with Gasteiger partial charge in [-0.2, -0.15) is 0 Å². The molecule has 4 rings (SSSR count). The van der Waals surface area contributed by atoms with Gasteiger partial charge in [0.15, 0.2) is 5.82 Å². The highest BCUT2D eigenvalue weighted by molar-refractivity contribution is 5.94. The second-order valence-electron chi connectivity index (χ2n) is 6.08. The van der Waals surface area contributed by atoms with Gasteiger partial charge in [-0.05, 0) is 49.4 Å². The zero-order chi connectivity index (χ0) is 19.3. The number of para-hydroxylation sites is 1. The molecule has 28 heavy (non-hydrogen) atoms. The van der Waals surface area contributed by atoms with Crippen LogP contribution in [0.2, 0.25) is 0 Å². The van der Waals surface area contributed by atoms with Gasteiger partial charge < -0.3 is 10.1 Å². The maximum Gasteiger partial charge on any atom is 0.338 e. The number of anilines is 2. The van der Waals surface area contributed by atoms with E-state index in [1.165, 1.54) is 0 Å². The van der Waals surface area contributed by atoms with Crippen LogP contribution in [0.25, 0.3) is 22.3 Å². The van der Waals surface area contributed by atoms with E-state index in [4.69, 9.17) is 9.72 Å². The lowest BCUT2D eigenvalue weighted by Gasteiger charge is -2.12. The summed E-state index contributed by atoms with van der Waals surface area (Å²) in [5.74, 6) is 0.885. The molecule has 1 N–H and O–H groups in total. The fourth-order valence-corrected chi connectivity index (χ4v) is 2.87. The summed E-state index contributed by atoms with van der Waals surface area (Å²) < 4.78 is 5.08. The first kappa shape index (κ1) is 17.6. The largest absolute Gasteiger partial charge is 0.462 e. The summed E-state index contributed by atoms with van der Waals surface area (Å²) in [4.78, 5) is 25.5. The van der Waals surface area contributed by atoms with Crippen molar-refractivity contribution < 1.29 is 9.53 Å². The molecule has 6 nitrogen and oxygen atoms in total. The van der Waals surface area contributed by atoms with Crippen LogP contribution in [0.3, 0.4) is 0 Å². The van der Waals surface area contributed by atoms with E-state index in [2.05, 4.69) is 15.3 Å². The number of carbonyl (C=O) groups is 1. The fourth-order valence-electron chi connectivity index (χ4n) is 2.87. The van der Waals surface area contributed by atoms with Gasteiger partial charge in [0.25, 0.3) is 0 Å². The molecule has 0 radical (unpaired) electrons. The predicted octanol–water partition coefficient (Wildman–Crippen LogP) is 4.61. The van der Waals surface area contributed by atoms with Crippen LogP contribution in [0.15, 0.2) is 73.1 Å². The molecule has 0 saturated heterocycles. The van der Waals surface area contributed by atoms with Crippen LogP contribution in [0.4, 0.5) is 11.5 Å². The Morgan fingerprint density at radius 2 is 1.93 bits per heavy atom. The highest BCUT2D eigenvalue weighted by Gasteiger charge is 2.11. The highest BCUT2D eigenvalue weighted by Crippen LogP contribution is 2.27. The molecule has 0 aliphatic heterocycles. The molecule has 0 atom stereocenters.